The zero-order valence-corrected chi connectivity index (χ0v) is 22.3. The molecule has 0 heterocycles. The van der Waals surface area contributed by atoms with Gasteiger partial charge >= 0.3 is 6.09 Å². The molecule has 5 nitrogen and oxygen atoms in total. The topological polar surface area (TPSA) is 64.6 Å². The van der Waals surface area contributed by atoms with Crippen LogP contribution in [0.2, 0.25) is 18.1 Å². The van der Waals surface area contributed by atoms with Gasteiger partial charge in [0, 0.05) is 18.2 Å². The molecule has 0 aromatic heterocycles. The van der Waals surface area contributed by atoms with Crippen LogP contribution in [-0.4, -0.2) is 43.8 Å². The van der Waals surface area contributed by atoms with Crippen molar-refractivity contribution in [3.8, 4) is 0 Å². The first-order valence-electron chi connectivity index (χ1n) is 10.5. The van der Waals surface area contributed by atoms with Gasteiger partial charge in [0.25, 0.3) is 0 Å². The van der Waals surface area contributed by atoms with Gasteiger partial charge in [0.2, 0.25) is 0 Å². The smallest absolute Gasteiger partial charge is 0.407 e. The average Bonchev–Trinajstić information content (AvgIpc) is 2.58. The van der Waals surface area contributed by atoms with E-state index >= 15 is 0 Å². The number of ketones is 1. The van der Waals surface area contributed by atoms with Crippen molar-refractivity contribution in [2.24, 2.45) is 0 Å². The first-order valence-corrected chi connectivity index (χ1v) is 14.5. The monoisotopic (exact) mass is 499 g/mol. The van der Waals surface area contributed by atoms with Gasteiger partial charge in [-0.2, -0.15) is 0 Å². The summed E-state index contributed by atoms with van der Waals surface area (Å²) in [6.45, 7) is 17.2. The van der Waals surface area contributed by atoms with E-state index in [1.54, 1.807) is 0 Å². The van der Waals surface area contributed by atoms with Gasteiger partial charge in [-0.25, -0.2) is 4.79 Å². The lowest BCUT2D eigenvalue weighted by atomic mass is 10.0. The fraction of sp³-hybridized carbons (Fsp3) is 0.652. The molecule has 30 heavy (non-hydrogen) atoms. The first kappa shape index (κ1) is 26.9. The van der Waals surface area contributed by atoms with Crippen molar-refractivity contribution in [1.82, 2.24) is 5.32 Å². The molecule has 1 atom stereocenters. The predicted molar refractivity (Wildman–Crippen MR) is 129 cm³/mol. The number of hydrogen-bond acceptors (Lipinski definition) is 4. The Morgan fingerprint density at radius 1 is 1.07 bits per heavy atom. The minimum atomic E-state index is -1.85. The van der Waals surface area contributed by atoms with Crippen molar-refractivity contribution >= 4 is 36.1 Å². The molecular formula is C23H38BrNO4Si. The van der Waals surface area contributed by atoms with E-state index in [4.69, 9.17) is 9.16 Å². The minimum absolute atomic E-state index is 0.0488. The summed E-state index contributed by atoms with van der Waals surface area (Å²) in [6.07, 6.45) is 0.905. The van der Waals surface area contributed by atoms with Crippen LogP contribution in [-0.2, 0) is 15.6 Å². The van der Waals surface area contributed by atoms with Crippen LogP contribution in [0, 0.1) is 0 Å². The Hall–Kier alpha value is -1.18. The molecule has 0 aliphatic rings. The van der Waals surface area contributed by atoms with Crippen LogP contribution in [0.1, 0.15) is 63.9 Å². The van der Waals surface area contributed by atoms with Gasteiger partial charge in [0.1, 0.15) is 5.60 Å². The molecule has 0 aliphatic carbocycles. The molecule has 1 N–H and O–H groups in total. The van der Waals surface area contributed by atoms with Gasteiger partial charge in [0.05, 0.1) is 5.33 Å². The summed E-state index contributed by atoms with van der Waals surface area (Å²) in [5.74, 6) is 0.0488. The number of Topliss-reactive ketones (excluding diaryl/α,β-unsaturated/α-hetero) is 1. The molecule has 1 rings (SSSR count). The number of nitrogens with one attached hydrogen (secondary N) is 1. The summed E-state index contributed by atoms with van der Waals surface area (Å²) in [4.78, 5) is 24.2. The number of alkyl carbamates (subject to hydrolysis) is 1. The van der Waals surface area contributed by atoms with E-state index < -0.39 is 20.0 Å². The van der Waals surface area contributed by atoms with Gasteiger partial charge in [-0.15, -0.1) is 0 Å². The summed E-state index contributed by atoms with van der Waals surface area (Å²) in [5, 5.41) is 3.44. The van der Waals surface area contributed by atoms with Crippen molar-refractivity contribution in [3.63, 3.8) is 0 Å². The van der Waals surface area contributed by atoms with Gasteiger partial charge in [-0.05, 0) is 57.3 Å². The fourth-order valence-corrected chi connectivity index (χ4v) is 3.95. The molecule has 1 aromatic rings. The molecule has 1 amide bonds. The third-order valence-corrected chi connectivity index (χ3v) is 10.4. The molecule has 0 bridgehead atoms. The molecule has 0 saturated heterocycles. The largest absolute Gasteiger partial charge is 0.444 e. The van der Waals surface area contributed by atoms with Crippen molar-refractivity contribution < 1.29 is 18.8 Å². The van der Waals surface area contributed by atoms with Crippen LogP contribution >= 0.6 is 15.9 Å². The number of ether oxygens (including phenoxy) is 1. The standard InChI is InChI=1S/C23H38BrNO4Si/c1-22(2,3)29-21(27)25-19(13-14-28-30(7,8)23(4,5)6)15-17-9-11-18(12-10-17)20(26)16-24/h9-12,19H,13-16H2,1-8H3,(H,25,27)/t19-/m1/s1. The number of halogens is 1. The SMILES string of the molecule is CC(C)(C)OC(=O)N[C@H](CCO[Si](C)(C)C(C)(C)C)Cc1ccc(C(=O)CBr)cc1. The Labute approximate surface area is 191 Å². The second-order valence-electron chi connectivity index (χ2n) is 10.2. The number of carbonyl (C=O) groups is 2. The maximum Gasteiger partial charge on any atom is 0.407 e. The number of rotatable bonds is 9. The second-order valence-corrected chi connectivity index (χ2v) is 15.6. The van der Waals surface area contributed by atoms with Crippen molar-refractivity contribution in [2.45, 2.75) is 84.2 Å². The van der Waals surface area contributed by atoms with E-state index in [-0.39, 0.29) is 16.9 Å². The van der Waals surface area contributed by atoms with Crippen LogP contribution in [0.25, 0.3) is 0 Å². The van der Waals surface area contributed by atoms with Crippen LogP contribution < -0.4 is 5.32 Å². The number of hydrogen-bond donors (Lipinski definition) is 1. The van der Waals surface area contributed by atoms with E-state index in [0.717, 1.165) is 5.56 Å². The quantitative estimate of drug-likeness (QED) is 0.252. The molecule has 0 unspecified atom stereocenters. The van der Waals surface area contributed by atoms with Gasteiger partial charge < -0.3 is 14.5 Å². The van der Waals surface area contributed by atoms with Gasteiger partial charge in [0.15, 0.2) is 14.1 Å². The summed E-state index contributed by atoms with van der Waals surface area (Å²) >= 11 is 3.20. The molecule has 0 fully saturated rings. The first-order chi connectivity index (χ1) is 13.6. The Morgan fingerprint density at radius 2 is 1.63 bits per heavy atom. The lowest BCUT2D eigenvalue weighted by Crippen LogP contribution is -2.44. The van der Waals surface area contributed by atoms with Crippen LogP contribution in [0.4, 0.5) is 4.79 Å². The Kier molecular flexibility index (Phi) is 9.77. The van der Waals surface area contributed by atoms with Crippen molar-refractivity contribution in [3.05, 3.63) is 35.4 Å². The zero-order chi connectivity index (χ0) is 23.2. The third kappa shape index (κ3) is 9.31. The van der Waals surface area contributed by atoms with E-state index in [2.05, 4.69) is 55.1 Å². The van der Waals surface area contributed by atoms with Gasteiger partial charge in [-0.3, -0.25) is 4.79 Å². The van der Waals surface area contributed by atoms with Gasteiger partial charge in [-0.1, -0.05) is 61.0 Å². The highest BCUT2D eigenvalue weighted by atomic mass is 79.9. The second kappa shape index (κ2) is 10.9. The third-order valence-electron chi connectivity index (χ3n) is 5.34. The van der Waals surface area contributed by atoms with E-state index in [9.17, 15) is 9.59 Å². The van der Waals surface area contributed by atoms with Crippen molar-refractivity contribution in [1.29, 1.82) is 0 Å². The lowest BCUT2D eigenvalue weighted by molar-refractivity contribution is 0.0497. The molecular weight excluding hydrogens is 462 g/mol. The predicted octanol–water partition coefficient (Wildman–Crippen LogP) is 6.11. The van der Waals surface area contributed by atoms with Crippen LogP contribution in [0.15, 0.2) is 24.3 Å². The van der Waals surface area contributed by atoms with E-state index in [1.165, 1.54) is 0 Å². The highest BCUT2D eigenvalue weighted by Crippen LogP contribution is 2.36. The van der Waals surface area contributed by atoms with E-state index in [0.29, 0.717) is 30.3 Å². The Morgan fingerprint density at radius 3 is 2.10 bits per heavy atom. The number of benzene rings is 1. The summed E-state index contributed by atoms with van der Waals surface area (Å²) < 4.78 is 11.7. The molecule has 0 spiro atoms. The maximum atomic E-state index is 12.3. The number of amides is 1. The normalized spacial score (nSPS) is 13.6. The number of carbonyl (C=O) groups excluding carboxylic acids is 2. The molecule has 0 radical (unpaired) electrons. The van der Waals surface area contributed by atoms with E-state index in [1.807, 2.05) is 45.0 Å². The summed E-state index contributed by atoms with van der Waals surface area (Å²) in [5.41, 5.74) is 1.17. The van der Waals surface area contributed by atoms with Crippen LogP contribution in [0.3, 0.4) is 0 Å². The summed E-state index contributed by atoms with van der Waals surface area (Å²) in [7, 11) is -1.85. The zero-order valence-electron chi connectivity index (χ0n) is 19.7. The summed E-state index contributed by atoms with van der Waals surface area (Å²) in [6, 6.07) is 7.41. The molecule has 7 heteroatoms. The number of alkyl halides is 1. The highest BCUT2D eigenvalue weighted by Gasteiger charge is 2.37. The van der Waals surface area contributed by atoms with Crippen molar-refractivity contribution in [2.75, 3.05) is 11.9 Å². The molecule has 1 aromatic carbocycles. The Balaban J connectivity index is 2.84. The minimum Gasteiger partial charge on any atom is -0.444 e. The average molecular weight is 501 g/mol. The Bertz CT molecular complexity index is 705. The molecule has 0 saturated carbocycles. The molecule has 0 aliphatic heterocycles. The lowest BCUT2D eigenvalue weighted by Gasteiger charge is -2.36. The van der Waals surface area contributed by atoms with Crippen LogP contribution in [0.5, 0.6) is 0 Å². The maximum absolute atomic E-state index is 12.3. The fourth-order valence-electron chi connectivity index (χ4n) is 2.56. The highest BCUT2D eigenvalue weighted by molar-refractivity contribution is 9.09. The molecule has 170 valence electrons.